The Hall–Kier alpha value is 1.35. The minimum atomic E-state index is 0. The van der Waals surface area contributed by atoms with E-state index >= 15 is 0 Å². The van der Waals surface area contributed by atoms with Gasteiger partial charge >= 0.3 is 0 Å². The van der Waals surface area contributed by atoms with E-state index < -0.39 is 0 Å². The summed E-state index contributed by atoms with van der Waals surface area (Å²) in [5, 5.41) is 0. The van der Waals surface area contributed by atoms with Gasteiger partial charge in [0, 0.05) is 19.5 Å². The van der Waals surface area contributed by atoms with Crippen molar-refractivity contribution < 1.29 is 43.5 Å². The molecule has 0 aliphatic heterocycles. The molecule has 0 unspecified atom stereocenters. The van der Waals surface area contributed by atoms with Crippen LogP contribution in [0.5, 0.6) is 0 Å². The van der Waals surface area contributed by atoms with E-state index in [2.05, 4.69) is 6.42 Å². The third-order valence-electron chi connectivity index (χ3n) is 1.32. The van der Waals surface area contributed by atoms with Crippen LogP contribution in [0.1, 0.15) is 32.1 Å². The number of rotatable bonds is 0. The van der Waals surface area contributed by atoms with Gasteiger partial charge in [-0.25, -0.2) is 0 Å². The van der Waals surface area contributed by atoms with E-state index in [1.54, 1.807) is 0 Å². The van der Waals surface area contributed by atoms with Crippen LogP contribution in [-0.4, -0.2) is 0 Å². The van der Waals surface area contributed by atoms with Gasteiger partial charge in [-0.15, -0.1) is 0 Å². The van der Waals surface area contributed by atoms with Crippen LogP contribution >= 0.6 is 0 Å². The van der Waals surface area contributed by atoms with Crippen LogP contribution in [0.3, 0.4) is 0 Å². The standard InChI is InChI=1S/C6H11.HI.Zn/c1-2-4-6-5-3-1;;/h1H,2-6H2;1H;/p-1. The van der Waals surface area contributed by atoms with Crippen LogP contribution in [0, 0.1) is 6.42 Å². The Morgan fingerprint density at radius 3 is 1.50 bits per heavy atom. The molecule has 0 aromatic rings. The molecule has 0 N–H and O–H groups in total. The van der Waals surface area contributed by atoms with Gasteiger partial charge in [-0.05, 0) is 6.42 Å². The number of halogens is 1. The first-order chi connectivity index (χ1) is 3.00. The van der Waals surface area contributed by atoms with E-state index in [1.165, 1.54) is 32.1 Å². The first kappa shape index (κ1) is 12.1. The fourth-order valence-electron chi connectivity index (χ4n) is 0.898. The molecule has 8 heavy (non-hydrogen) atoms. The van der Waals surface area contributed by atoms with Crippen LogP contribution in [-0.2, 0) is 19.5 Å². The average molecular weight is 275 g/mol. The second-order valence-corrected chi connectivity index (χ2v) is 1.93. The van der Waals surface area contributed by atoms with Gasteiger partial charge in [0.05, 0.1) is 0 Å². The topological polar surface area (TPSA) is 0 Å². The van der Waals surface area contributed by atoms with Crippen molar-refractivity contribution in [1.29, 1.82) is 0 Å². The molecule has 0 bridgehead atoms. The Bertz CT molecular complexity index is 24.0. The summed E-state index contributed by atoms with van der Waals surface area (Å²) in [7, 11) is 0. The first-order valence-electron chi connectivity index (χ1n) is 2.82. The Morgan fingerprint density at radius 2 is 1.38 bits per heavy atom. The van der Waals surface area contributed by atoms with E-state index in [0.29, 0.717) is 0 Å². The Balaban J connectivity index is 0. The zero-order chi connectivity index (χ0) is 4.24. The molecule has 0 spiro atoms. The molecule has 0 amide bonds. The second kappa shape index (κ2) is 8.35. The normalized spacial score (nSPS) is 18.0. The molecule has 1 fully saturated rings. The van der Waals surface area contributed by atoms with E-state index in [4.69, 9.17) is 0 Å². The van der Waals surface area contributed by atoms with E-state index in [0.717, 1.165) is 0 Å². The summed E-state index contributed by atoms with van der Waals surface area (Å²) in [5.41, 5.74) is 0. The minimum absolute atomic E-state index is 0. The fraction of sp³-hybridized carbons (Fsp3) is 0.833. The Morgan fingerprint density at radius 1 is 0.875 bits per heavy atom. The van der Waals surface area contributed by atoms with Crippen molar-refractivity contribution in [1.82, 2.24) is 0 Å². The molecule has 0 aromatic heterocycles. The maximum Gasteiger partial charge on any atom is 0 e. The molecule has 1 saturated carbocycles. The summed E-state index contributed by atoms with van der Waals surface area (Å²) in [4.78, 5) is 0. The molecule has 0 aromatic carbocycles. The van der Waals surface area contributed by atoms with Crippen LogP contribution in [0.15, 0.2) is 0 Å². The molecular formula is C6H11IZn-. The molecule has 0 heterocycles. The van der Waals surface area contributed by atoms with Crippen molar-refractivity contribution >= 4 is 0 Å². The monoisotopic (exact) mass is 274 g/mol. The van der Waals surface area contributed by atoms with Crippen molar-refractivity contribution in [2.75, 3.05) is 0 Å². The van der Waals surface area contributed by atoms with Crippen molar-refractivity contribution in [3.05, 3.63) is 6.42 Å². The molecule has 2 heteroatoms. The van der Waals surface area contributed by atoms with Crippen LogP contribution in [0.25, 0.3) is 0 Å². The van der Waals surface area contributed by atoms with Crippen molar-refractivity contribution in [2.45, 2.75) is 32.1 Å². The predicted octanol–water partition coefficient (Wildman–Crippen LogP) is -0.844. The van der Waals surface area contributed by atoms with E-state index in [9.17, 15) is 0 Å². The summed E-state index contributed by atoms with van der Waals surface area (Å²) < 4.78 is 0. The van der Waals surface area contributed by atoms with Crippen LogP contribution < -0.4 is 24.0 Å². The molecule has 1 aliphatic rings. The van der Waals surface area contributed by atoms with Crippen molar-refractivity contribution in [3.63, 3.8) is 0 Å². The molecular weight excluding hydrogens is 264 g/mol. The first-order valence-corrected chi connectivity index (χ1v) is 2.82. The molecule has 1 rings (SSSR count). The van der Waals surface area contributed by atoms with Crippen molar-refractivity contribution in [3.8, 4) is 0 Å². The van der Waals surface area contributed by atoms with Crippen LogP contribution in [0.2, 0.25) is 0 Å². The summed E-state index contributed by atoms with van der Waals surface area (Å²) in [5.74, 6) is 0. The van der Waals surface area contributed by atoms with Crippen LogP contribution in [0.4, 0.5) is 0 Å². The zero-order valence-electron chi connectivity index (χ0n) is 5.20. The predicted molar refractivity (Wildman–Crippen MR) is 27.4 cm³/mol. The number of hydrogen-bond donors (Lipinski definition) is 0. The third kappa shape index (κ3) is 5.49. The Kier molecular flexibility index (Phi) is 12.6. The van der Waals surface area contributed by atoms with Gasteiger partial charge in [0.15, 0.2) is 0 Å². The minimum Gasteiger partial charge on any atom is -1.00 e. The summed E-state index contributed by atoms with van der Waals surface area (Å²) in [6, 6.07) is 0. The van der Waals surface area contributed by atoms with Crippen molar-refractivity contribution in [2.24, 2.45) is 0 Å². The molecule has 1 radical (unpaired) electrons. The van der Waals surface area contributed by atoms with Gasteiger partial charge in [-0.1, -0.05) is 32.1 Å². The van der Waals surface area contributed by atoms with Gasteiger partial charge < -0.3 is 24.0 Å². The van der Waals surface area contributed by atoms with Gasteiger partial charge in [-0.3, -0.25) is 0 Å². The van der Waals surface area contributed by atoms with Gasteiger partial charge in [0.2, 0.25) is 0 Å². The summed E-state index contributed by atoms with van der Waals surface area (Å²) >= 11 is 0. The molecule has 0 saturated heterocycles. The van der Waals surface area contributed by atoms with Gasteiger partial charge in [0.25, 0.3) is 0 Å². The van der Waals surface area contributed by atoms with Gasteiger partial charge in [0.1, 0.15) is 0 Å². The smallest absolute Gasteiger partial charge is 0 e. The SMILES string of the molecule is [CH]1CCCCC1.[I-].[Zn]. The molecule has 0 atom stereocenters. The maximum atomic E-state index is 2.39. The van der Waals surface area contributed by atoms with E-state index in [1.807, 2.05) is 0 Å². The second-order valence-electron chi connectivity index (χ2n) is 1.93. The summed E-state index contributed by atoms with van der Waals surface area (Å²) in [6.07, 6.45) is 9.50. The zero-order valence-corrected chi connectivity index (χ0v) is 10.3. The number of hydrogen-bond acceptors (Lipinski definition) is 0. The quantitative estimate of drug-likeness (QED) is 0.399. The third-order valence-corrected chi connectivity index (χ3v) is 1.32. The molecule has 0 nitrogen and oxygen atoms in total. The van der Waals surface area contributed by atoms with E-state index in [-0.39, 0.29) is 43.5 Å². The molecule has 45 valence electrons. The molecule has 1 aliphatic carbocycles. The van der Waals surface area contributed by atoms with Gasteiger partial charge in [-0.2, -0.15) is 0 Å². The average Bonchev–Trinajstić information content (AvgIpc) is 1.72. The maximum absolute atomic E-state index is 2.39. The summed E-state index contributed by atoms with van der Waals surface area (Å²) in [6.45, 7) is 0. The largest absolute Gasteiger partial charge is 1.00 e. The fourth-order valence-corrected chi connectivity index (χ4v) is 0.898. The Labute approximate surface area is 81.6 Å².